The molecule has 0 saturated carbocycles. The Kier molecular flexibility index (Phi) is 6.92. The maximum atomic E-state index is 5.65. The van der Waals surface area contributed by atoms with Gasteiger partial charge in [0.15, 0.2) is 0 Å². The van der Waals surface area contributed by atoms with Crippen LogP contribution in [-0.4, -0.2) is 11.8 Å². The predicted octanol–water partition coefficient (Wildman–Crippen LogP) is 7.83. The molecule has 0 bridgehead atoms. The van der Waals surface area contributed by atoms with Crippen LogP contribution in [0.4, 0.5) is 0 Å². The quantitative estimate of drug-likeness (QED) is 0.344. The van der Waals surface area contributed by atoms with Crippen molar-refractivity contribution in [3.8, 4) is 0 Å². The van der Waals surface area contributed by atoms with Crippen molar-refractivity contribution in [2.75, 3.05) is 0 Å². The Morgan fingerprint density at radius 3 is 1.69 bits per heavy atom. The van der Waals surface area contributed by atoms with Crippen molar-refractivity contribution in [3.63, 3.8) is 0 Å². The molecule has 26 heavy (non-hydrogen) atoms. The number of hydrogen-bond acceptors (Lipinski definition) is 2. The molecule has 148 valence electrons. The molecule has 0 N–H and O–H groups in total. The lowest BCUT2D eigenvalue weighted by Crippen LogP contribution is -2.38. The molecule has 1 rings (SSSR count). The summed E-state index contributed by atoms with van der Waals surface area (Å²) in [6.07, 6.45) is 4.68. The highest BCUT2D eigenvalue weighted by Crippen LogP contribution is 2.54. The van der Waals surface area contributed by atoms with E-state index in [-0.39, 0.29) is 21.8 Å². The molecular formula is C23H40NPS. The van der Waals surface area contributed by atoms with Gasteiger partial charge in [-0.3, -0.25) is 4.99 Å². The van der Waals surface area contributed by atoms with Crippen LogP contribution >= 0.6 is 7.36 Å². The fourth-order valence-electron chi connectivity index (χ4n) is 3.69. The van der Waals surface area contributed by atoms with E-state index in [1.165, 1.54) is 16.5 Å². The topological polar surface area (TPSA) is 12.4 Å². The molecule has 3 heteroatoms. The van der Waals surface area contributed by atoms with Crippen LogP contribution in [-0.2, 0) is 11.8 Å². The van der Waals surface area contributed by atoms with Crippen molar-refractivity contribution in [1.29, 1.82) is 0 Å². The smallest absolute Gasteiger partial charge is 0.0520 e. The monoisotopic (exact) mass is 393 g/mol. The lowest BCUT2D eigenvalue weighted by molar-refractivity contribution is 0.236. The van der Waals surface area contributed by atoms with Crippen LogP contribution in [0, 0.1) is 28.1 Å². The first-order valence-electron chi connectivity index (χ1n) is 9.75. The fourth-order valence-corrected chi connectivity index (χ4v) is 5.48. The molecule has 0 amide bonds. The zero-order valence-corrected chi connectivity index (χ0v) is 20.8. The third kappa shape index (κ3) is 5.83. The predicted molar refractivity (Wildman–Crippen MR) is 123 cm³/mol. The summed E-state index contributed by atoms with van der Waals surface area (Å²) in [5.74, 6) is 0.673. The molecule has 1 nitrogen and oxygen atoms in total. The largest absolute Gasteiger partial charge is 0.291 e. The molecule has 0 heterocycles. The van der Waals surface area contributed by atoms with Crippen LogP contribution in [0.2, 0.25) is 0 Å². The first-order chi connectivity index (χ1) is 11.4. The van der Waals surface area contributed by atoms with Gasteiger partial charge in [0.05, 0.1) is 5.54 Å². The van der Waals surface area contributed by atoms with Gasteiger partial charge >= 0.3 is 0 Å². The molecule has 0 aliphatic heterocycles. The summed E-state index contributed by atoms with van der Waals surface area (Å²) in [4.78, 5) is 4.94. The number of hydrogen-bond donors (Lipinski definition) is 0. The summed E-state index contributed by atoms with van der Waals surface area (Å²) >= 11 is 5.65. The molecule has 1 aliphatic rings. The average molecular weight is 394 g/mol. The molecular weight excluding hydrogens is 353 g/mol. The molecule has 2 atom stereocenters. The normalized spacial score (nSPS) is 23.8. The van der Waals surface area contributed by atoms with Gasteiger partial charge in [-0.2, -0.15) is 0 Å². The maximum Gasteiger partial charge on any atom is 0.0520 e. The number of allylic oxidation sites excluding steroid dienone is 4. The third-order valence-electron chi connectivity index (χ3n) is 4.92. The first kappa shape index (κ1) is 23.7. The Bertz CT molecular complexity index is 625. The summed E-state index contributed by atoms with van der Waals surface area (Å²) < 4.78 is 0. The second-order valence-corrected chi connectivity index (χ2v) is 13.0. The minimum absolute atomic E-state index is 0.0642. The summed E-state index contributed by atoms with van der Waals surface area (Å²) in [6.45, 7) is 27.5. The van der Waals surface area contributed by atoms with Gasteiger partial charge < -0.3 is 0 Å². The Morgan fingerprint density at radius 2 is 1.38 bits per heavy atom. The van der Waals surface area contributed by atoms with E-state index in [0.717, 1.165) is 7.36 Å². The second kappa shape index (κ2) is 7.59. The van der Waals surface area contributed by atoms with Crippen molar-refractivity contribution in [2.24, 2.45) is 33.1 Å². The SMILES string of the molecule is CC(C)(C)N=CC1C(C(C)(C)C)=CC(C(C)(C)C)=C(P=S)C1C(C)(C)C. The average Bonchev–Trinajstić information content (AvgIpc) is 2.38. The summed E-state index contributed by atoms with van der Waals surface area (Å²) in [5, 5.41) is 1.42. The molecule has 0 saturated heterocycles. The maximum absolute atomic E-state index is 5.65. The number of aliphatic imine (C=N–C) groups is 1. The Hall–Kier alpha value is -0.330. The van der Waals surface area contributed by atoms with Gasteiger partial charge in [-0.25, -0.2) is 0 Å². The minimum atomic E-state index is -0.0642. The Labute approximate surface area is 169 Å². The van der Waals surface area contributed by atoms with Crippen molar-refractivity contribution in [3.05, 3.63) is 22.5 Å². The number of nitrogens with zero attached hydrogens (tertiary/aromatic N) is 1. The van der Waals surface area contributed by atoms with Gasteiger partial charge in [0.25, 0.3) is 0 Å². The molecule has 0 aromatic carbocycles. The van der Waals surface area contributed by atoms with E-state index in [1.54, 1.807) is 0 Å². The highest BCUT2D eigenvalue weighted by molar-refractivity contribution is 7.98. The Balaban J connectivity index is 3.82. The van der Waals surface area contributed by atoms with Gasteiger partial charge in [-0.05, 0) is 47.9 Å². The molecule has 0 fully saturated rings. The molecule has 2 unspecified atom stereocenters. The van der Waals surface area contributed by atoms with Crippen LogP contribution in [0.15, 0.2) is 27.5 Å². The van der Waals surface area contributed by atoms with E-state index >= 15 is 0 Å². The van der Waals surface area contributed by atoms with Crippen molar-refractivity contribution < 1.29 is 0 Å². The summed E-state index contributed by atoms with van der Waals surface area (Å²) in [7, 11) is 0.972. The molecule has 0 radical (unpaired) electrons. The van der Waals surface area contributed by atoms with E-state index < -0.39 is 0 Å². The van der Waals surface area contributed by atoms with Crippen LogP contribution in [0.25, 0.3) is 0 Å². The summed E-state index contributed by atoms with van der Waals surface area (Å²) in [6, 6.07) is 0. The lowest BCUT2D eigenvalue weighted by atomic mass is 9.61. The van der Waals surface area contributed by atoms with Gasteiger partial charge in [-0.1, -0.05) is 85.8 Å². The third-order valence-corrected chi connectivity index (χ3v) is 6.22. The van der Waals surface area contributed by atoms with E-state index in [9.17, 15) is 0 Å². The Morgan fingerprint density at radius 1 is 0.885 bits per heavy atom. The number of rotatable bonds is 2. The van der Waals surface area contributed by atoms with Gasteiger partial charge in [0.1, 0.15) is 0 Å². The highest BCUT2D eigenvalue weighted by Gasteiger charge is 2.43. The molecule has 0 spiro atoms. The van der Waals surface area contributed by atoms with Gasteiger partial charge in [-0.15, -0.1) is 0 Å². The fraction of sp³-hybridized carbons (Fsp3) is 0.783. The highest BCUT2D eigenvalue weighted by atomic mass is 32.4. The second-order valence-electron chi connectivity index (χ2n) is 11.8. The zero-order chi connectivity index (χ0) is 20.7. The van der Waals surface area contributed by atoms with E-state index in [2.05, 4.69) is 95.4 Å². The van der Waals surface area contributed by atoms with Crippen LogP contribution in [0.5, 0.6) is 0 Å². The van der Waals surface area contributed by atoms with Crippen molar-refractivity contribution in [1.82, 2.24) is 0 Å². The molecule has 0 aromatic rings. The van der Waals surface area contributed by atoms with E-state index in [0.29, 0.717) is 11.8 Å². The first-order valence-corrected chi connectivity index (χ1v) is 11.7. The van der Waals surface area contributed by atoms with Gasteiger partial charge in [0.2, 0.25) is 0 Å². The summed E-state index contributed by atoms with van der Waals surface area (Å²) in [5.41, 5.74) is 3.16. The van der Waals surface area contributed by atoms with E-state index in [1.807, 2.05) is 0 Å². The van der Waals surface area contributed by atoms with Crippen molar-refractivity contribution in [2.45, 2.75) is 88.6 Å². The van der Waals surface area contributed by atoms with Gasteiger partial charge in [0, 0.05) is 25.4 Å². The van der Waals surface area contributed by atoms with Crippen LogP contribution in [0.1, 0.15) is 83.1 Å². The van der Waals surface area contributed by atoms with E-state index in [4.69, 9.17) is 16.8 Å². The molecule has 1 aliphatic carbocycles. The zero-order valence-electron chi connectivity index (χ0n) is 19.1. The van der Waals surface area contributed by atoms with Crippen LogP contribution < -0.4 is 0 Å². The van der Waals surface area contributed by atoms with Crippen molar-refractivity contribution >= 4 is 25.4 Å². The molecule has 0 aromatic heterocycles. The standard InChI is InChI=1S/C23H40NPS/c1-20(2,3)16-13-17(21(4,5)6)19(25-26)18(22(7,8)9)15(16)14-24-23(10,11)12/h13-15,18H,1-12H3. The minimum Gasteiger partial charge on any atom is -0.291 e. The lowest BCUT2D eigenvalue weighted by Gasteiger charge is -2.46. The van der Waals surface area contributed by atoms with Crippen LogP contribution in [0.3, 0.4) is 0 Å².